The van der Waals surface area contributed by atoms with Crippen molar-refractivity contribution >= 4 is 5.69 Å². The molecule has 2 N–H and O–H groups in total. The Bertz CT molecular complexity index is 464. The van der Waals surface area contributed by atoms with Gasteiger partial charge in [0.15, 0.2) is 0 Å². The Morgan fingerprint density at radius 1 is 1.31 bits per heavy atom. The first-order valence-electron chi connectivity index (χ1n) is 4.93. The molecule has 0 aliphatic heterocycles. The maximum Gasteiger partial charge on any atom is 0.258 e. The number of hydrogen-bond acceptors (Lipinski definition) is 5. The molecule has 0 radical (unpaired) electrons. The Labute approximate surface area is 93.2 Å². The highest BCUT2D eigenvalue weighted by molar-refractivity contribution is 5.56. The van der Waals surface area contributed by atoms with Crippen LogP contribution in [0.25, 0.3) is 11.5 Å². The fourth-order valence-corrected chi connectivity index (χ4v) is 1.25. The summed E-state index contributed by atoms with van der Waals surface area (Å²) in [6.07, 6.45) is -0.175. The Balaban J connectivity index is 2.28. The second-order valence-corrected chi connectivity index (χ2v) is 3.46. The van der Waals surface area contributed by atoms with E-state index in [0.717, 1.165) is 5.56 Å². The molecule has 1 aromatic heterocycles. The van der Waals surface area contributed by atoms with Crippen LogP contribution in [0.4, 0.5) is 5.69 Å². The lowest BCUT2D eigenvalue weighted by atomic mass is 10.2. The fourth-order valence-electron chi connectivity index (χ4n) is 1.25. The van der Waals surface area contributed by atoms with E-state index in [2.05, 4.69) is 10.1 Å². The van der Waals surface area contributed by atoms with Gasteiger partial charge in [-0.05, 0) is 31.2 Å². The van der Waals surface area contributed by atoms with Crippen LogP contribution >= 0.6 is 0 Å². The van der Waals surface area contributed by atoms with E-state index in [1.165, 1.54) is 0 Å². The minimum Gasteiger partial charge on any atom is -0.399 e. The van der Waals surface area contributed by atoms with Crippen molar-refractivity contribution in [1.82, 2.24) is 10.1 Å². The van der Waals surface area contributed by atoms with E-state index < -0.39 is 0 Å². The number of hydrogen-bond donors (Lipinski definition) is 1. The number of nitrogen functional groups attached to an aromatic ring is 1. The molecule has 1 aromatic carbocycles. The average Bonchev–Trinajstić information content (AvgIpc) is 2.78. The first-order valence-corrected chi connectivity index (χ1v) is 4.93. The van der Waals surface area contributed by atoms with Gasteiger partial charge in [0.05, 0.1) is 0 Å². The van der Waals surface area contributed by atoms with Crippen LogP contribution < -0.4 is 5.73 Å². The van der Waals surface area contributed by atoms with Crippen molar-refractivity contribution < 1.29 is 9.26 Å². The van der Waals surface area contributed by atoms with Gasteiger partial charge in [0, 0.05) is 18.4 Å². The molecule has 2 aromatic rings. The van der Waals surface area contributed by atoms with Crippen molar-refractivity contribution in [2.45, 2.75) is 13.0 Å². The van der Waals surface area contributed by atoms with Gasteiger partial charge in [0.2, 0.25) is 5.82 Å². The molecular weight excluding hydrogens is 206 g/mol. The molecule has 0 aliphatic rings. The highest BCUT2D eigenvalue weighted by Crippen LogP contribution is 2.21. The van der Waals surface area contributed by atoms with Gasteiger partial charge in [0.25, 0.3) is 5.89 Å². The van der Waals surface area contributed by atoms with E-state index in [9.17, 15) is 0 Å². The van der Waals surface area contributed by atoms with Crippen LogP contribution in [-0.2, 0) is 4.74 Å². The molecule has 84 valence electrons. The summed E-state index contributed by atoms with van der Waals surface area (Å²) in [4.78, 5) is 4.24. The van der Waals surface area contributed by atoms with Crippen LogP contribution in [0.5, 0.6) is 0 Å². The summed E-state index contributed by atoms with van der Waals surface area (Å²) < 4.78 is 10.2. The van der Waals surface area contributed by atoms with E-state index in [-0.39, 0.29) is 6.10 Å². The number of ether oxygens (including phenoxy) is 1. The summed E-state index contributed by atoms with van der Waals surface area (Å²) in [6.45, 7) is 1.86. The summed E-state index contributed by atoms with van der Waals surface area (Å²) in [5.41, 5.74) is 7.14. The summed E-state index contributed by atoms with van der Waals surface area (Å²) in [6, 6.07) is 7.26. The maximum atomic E-state index is 5.59. The summed E-state index contributed by atoms with van der Waals surface area (Å²) >= 11 is 0. The molecule has 5 nitrogen and oxygen atoms in total. The quantitative estimate of drug-likeness (QED) is 0.799. The minimum absolute atomic E-state index is 0.175. The Morgan fingerprint density at radius 3 is 2.62 bits per heavy atom. The van der Waals surface area contributed by atoms with Gasteiger partial charge in [-0.25, -0.2) is 0 Å². The predicted octanol–water partition coefficient (Wildman–Crippen LogP) is 2.03. The number of rotatable bonds is 3. The SMILES string of the molecule is COC(C)c1noc(-c2ccc(N)cc2)n1. The lowest BCUT2D eigenvalue weighted by molar-refractivity contribution is 0.109. The van der Waals surface area contributed by atoms with Crippen LogP contribution in [0.15, 0.2) is 28.8 Å². The second-order valence-electron chi connectivity index (χ2n) is 3.46. The molecule has 0 amide bonds. The molecule has 2 rings (SSSR count). The van der Waals surface area contributed by atoms with E-state index in [0.29, 0.717) is 17.4 Å². The first-order chi connectivity index (χ1) is 7.70. The van der Waals surface area contributed by atoms with Crippen molar-refractivity contribution in [3.63, 3.8) is 0 Å². The van der Waals surface area contributed by atoms with E-state index in [1.54, 1.807) is 19.2 Å². The van der Waals surface area contributed by atoms with Gasteiger partial charge in [-0.15, -0.1) is 0 Å². The third-order valence-electron chi connectivity index (χ3n) is 2.32. The summed E-state index contributed by atoms with van der Waals surface area (Å²) in [7, 11) is 1.60. The zero-order valence-corrected chi connectivity index (χ0v) is 9.18. The van der Waals surface area contributed by atoms with Crippen molar-refractivity contribution in [2.75, 3.05) is 12.8 Å². The number of anilines is 1. The molecule has 0 spiro atoms. The lowest BCUT2D eigenvalue weighted by Crippen LogP contribution is -1.97. The van der Waals surface area contributed by atoms with Crippen LogP contribution in [0.2, 0.25) is 0 Å². The Morgan fingerprint density at radius 2 is 2.00 bits per heavy atom. The molecule has 16 heavy (non-hydrogen) atoms. The molecular formula is C11H13N3O2. The molecule has 0 saturated carbocycles. The molecule has 1 heterocycles. The van der Waals surface area contributed by atoms with Gasteiger partial charge < -0.3 is 15.0 Å². The van der Waals surface area contributed by atoms with Crippen LogP contribution in [0.1, 0.15) is 18.9 Å². The monoisotopic (exact) mass is 219 g/mol. The van der Waals surface area contributed by atoms with Gasteiger partial charge in [-0.1, -0.05) is 5.16 Å². The van der Waals surface area contributed by atoms with Crippen molar-refractivity contribution in [3.8, 4) is 11.5 Å². The third-order valence-corrected chi connectivity index (χ3v) is 2.32. The van der Waals surface area contributed by atoms with Crippen LogP contribution in [0, 0.1) is 0 Å². The number of benzene rings is 1. The van der Waals surface area contributed by atoms with E-state index in [1.807, 2.05) is 19.1 Å². The normalized spacial score (nSPS) is 12.6. The van der Waals surface area contributed by atoms with Crippen molar-refractivity contribution in [3.05, 3.63) is 30.1 Å². The zero-order valence-electron chi connectivity index (χ0n) is 9.18. The number of nitrogens with zero attached hydrogens (tertiary/aromatic N) is 2. The molecule has 0 bridgehead atoms. The minimum atomic E-state index is -0.175. The van der Waals surface area contributed by atoms with Crippen LogP contribution in [0.3, 0.4) is 0 Å². The van der Waals surface area contributed by atoms with Crippen molar-refractivity contribution in [1.29, 1.82) is 0 Å². The lowest BCUT2D eigenvalue weighted by Gasteiger charge is -2.00. The Hall–Kier alpha value is -1.88. The summed E-state index contributed by atoms with van der Waals surface area (Å²) in [5, 5.41) is 3.84. The highest BCUT2D eigenvalue weighted by atomic mass is 16.5. The molecule has 0 fully saturated rings. The second kappa shape index (κ2) is 4.32. The average molecular weight is 219 g/mol. The molecule has 0 saturated heterocycles. The largest absolute Gasteiger partial charge is 0.399 e. The number of aromatic nitrogens is 2. The van der Waals surface area contributed by atoms with E-state index >= 15 is 0 Å². The predicted molar refractivity (Wildman–Crippen MR) is 59.6 cm³/mol. The standard InChI is InChI=1S/C11H13N3O2/c1-7(15-2)10-13-11(16-14-10)8-3-5-9(12)6-4-8/h3-7H,12H2,1-2H3. The van der Waals surface area contributed by atoms with Crippen molar-refractivity contribution in [2.24, 2.45) is 0 Å². The fraction of sp³-hybridized carbons (Fsp3) is 0.273. The summed E-state index contributed by atoms with van der Waals surface area (Å²) in [5.74, 6) is 1.01. The number of nitrogens with two attached hydrogens (primary N) is 1. The van der Waals surface area contributed by atoms with Gasteiger partial charge in [0.1, 0.15) is 6.10 Å². The van der Waals surface area contributed by atoms with Crippen LogP contribution in [-0.4, -0.2) is 17.3 Å². The van der Waals surface area contributed by atoms with Gasteiger partial charge >= 0.3 is 0 Å². The smallest absolute Gasteiger partial charge is 0.258 e. The van der Waals surface area contributed by atoms with Gasteiger partial charge in [-0.2, -0.15) is 4.98 Å². The highest BCUT2D eigenvalue weighted by Gasteiger charge is 2.13. The zero-order chi connectivity index (χ0) is 11.5. The Kier molecular flexibility index (Phi) is 2.87. The number of methoxy groups -OCH3 is 1. The first kappa shape index (κ1) is 10.6. The third kappa shape index (κ3) is 2.04. The molecule has 1 unspecified atom stereocenters. The molecule has 1 atom stereocenters. The molecule has 0 aliphatic carbocycles. The topological polar surface area (TPSA) is 74.2 Å². The molecule has 5 heteroatoms. The van der Waals surface area contributed by atoms with Gasteiger partial charge in [-0.3, -0.25) is 0 Å². The maximum absolute atomic E-state index is 5.59. The van der Waals surface area contributed by atoms with E-state index in [4.69, 9.17) is 15.0 Å².